The van der Waals surface area contributed by atoms with Crippen molar-refractivity contribution >= 4 is 53.9 Å². The highest BCUT2D eigenvalue weighted by Gasteiger charge is 2.58. The first kappa shape index (κ1) is 41.0. The fourth-order valence-corrected chi connectivity index (χ4v) is 14.1. The Balaban J connectivity index is 1.02. The highest BCUT2D eigenvalue weighted by Crippen LogP contribution is 2.68. The van der Waals surface area contributed by atoms with Gasteiger partial charge in [0.15, 0.2) is 0 Å². The molecule has 0 aliphatic heterocycles. The van der Waals surface area contributed by atoms with E-state index in [4.69, 9.17) is 0 Å². The second-order valence-corrected chi connectivity index (χ2v) is 22.4. The molecular formula is C68H56. The summed E-state index contributed by atoms with van der Waals surface area (Å²) in [6.07, 6.45) is 0. The minimum absolute atomic E-state index is 0.0779. The average molecular weight is 873 g/mol. The lowest BCUT2D eigenvalue weighted by Crippen LogP contribution is -2.50. The first-order valence-electron chi connectivity index (χ1n) is 24.6. The molecule has 0 saturated carbocycles. The van der Waals surface area contributed by atoms with Gasteiger partial charge in [-0.2, -0.15) is 0 Å². The molecule has 13 rings (SSSR count). The number of hydrogen-bond donors (Lipinski definition) is 0. The molecule has 2 aliphatic rings. The summed E-state index contributed by atoms with van der Waals surface area (Å²) in [7, 11) is 0. The molecule has 0 unspecified atom stereocenters. The maximum absolute atomic E-state index is 2.53. The molecule has 0 radical (unpaired) electrons. The predicted octanol–water partition coefficient (Wildman–Crippen LogP) is 19.1. The Labute approximate surface area is 400 Å². The third-order valence-electron chi connectivity index (χ3n) is 16.5. The van der Waals surface area contributed by atoms with Crippen molar-refractivity contribution < 1.29 is 0 Å². The predicted molar refractivity (Wildman–Crippen MR) is 293 cm³/mol. The molecule has 0 amide bonds. The van der Waals surface area contributed by atoms with Crippen molar-refractivity contribution in [1.82, 2.24) is 0 Å². The fourth-order valence-electron chi connectivity index (χ4n) is 14.1. The quantitative estimate of drug-likeness (QED) is 0.123. The molecular weight excluding hydrogens is 817 g/mol. The lowest BCUT2D eigenvalue weighted by molar-refractivity contribution is 0.0965. The van der Waals surface area contributed by atoms with Crippen LogP contribution in [0.3, 0.4) is 0 Å². The number of fused-ring (bicyclic) bond motifs is 14. The van der Waals surface area contributed by atoms with E-state index in [-0.39, 0.29) is 21.7 Å². The van der Waals surface area contributed by atoms with Gasteiger partial charge in [-0.15, -0.1) is 0 Å². The van der Waals surface area contributed by atoms with E-state index < -0.39 is 0 Å². The monoisotopic (exact) mass is 872 g/mol. The van der Waals surface area contributed by atoms with Gasteiger partial charge in [0, 0.05) is 10.8 Å². The van der Waals surface area contributed by atoms with Crippen LogP contribution in [-0.2, 0) is 10.8 Å². The van der Waals surface area contributed by atoms with Gasteiger partial charge in [-0.1, -0.05) is 219 Å². The first-order chi connectivity index (χ1) is 32.8. The molecule has 0 spiro atoms. The lowest BCUT2D eigenvalue weighted by Gasteiger charge is -2.53. The standard InChI is InChI=1S/C68H56/c1-65(2,3)68(66(4,5)6)60-39-43-21-10-9-20-42(43)38-57(60)63-50-26-12-11-24-47(50)56-37-44(32-35-55(56)64(63)68)41-22-19-23-45(36-41)61-51-27-13-15-29-53(51)62(54-30-16-14-28-52(54)61)46-33-34-49-48-25-17-18-31-58(48)67(7,8)59(49)40-46/h9-40H,1-8H3. The molecule has 2 aliphatic carbocycles. The molecule has 0 fully saturated rings. The second kappa shape index (κ2) is 14.1. The SMILES string of the molecule is CC1(C)c2ccccc2-c2ccc(-c3c4ccccc4c(-c4cccc(-c5ccc6c7c(c8ccccc8c6c5)-c5cc6ccccc6cc5C7(C(C)(C)C)C(C)(C)C)c4)c4ccccc34)cc21. The minimum atomic E-state index is -0.270. The maximum atomic E-state index is 2.53. The van der Waals surface area contributed by atoms with E-state index in [2.05, 4.69) is 250 Å². The van der Waals surface area contributed by atoms with Crippen LogP contribution in [0.15, 0.2) is 194 Å². The van der Waals surface area contributed by atoms with Crippen LogP contribution < -0.4 is 0 Å². The number of hydrogen-bond acceptors (Lipinski definition) is 0. The van der Waals surface area contributed by atoms with Crippen LogP contribution in [0.25, 0.3) is 109 Å². The van der Waals surface area contributed by atoms with Crippen LogP contribution in [0.1, 0.15) is 77.6 Å². The largest absolute Gasteiger partial charge is 0.0619 e. The molecule has 0 nitrogen and oxygen atoms in total. The average Bonchev–Trinajstić information content (AvgIpc) is 3.78. The topological polar surface area (TPSA) is 0 Å². The third kappa shape index (κ3) is 5.44. The van der Waals surface area contributed by atoms with Gasteiger partial charge >= 0.3 is 0 Å². The van der Waals surface area contributed by atoms with Gasteiger partial charge in [0.2, 0.25) is 0 Å². The van der Waals surface area contributed by atoms with Gasteiger partial charge in [0.25, 0.3) is 0 Å². The Hall–Kier alpha value is -7.28. The van der Waals surface area contributed by atoms with E-state index in [1.165, 1.54) is 132 Å². The molecule has 0 heterocycles. The summed E-state index contributed by atoms with van der Waals surface area (Å²) in [5.41, 5.74) is 18.2. The second-order valence-electron chi connectivity index (χ2n) is 22.4. The van der Waals surface area contributed by atoms with Crippen molar-refractivity contribution in [3.8, 4) is 55.6 Å². The Kier molecular flexibility index (Phi) is 8.51. The van der Waals surface area contributed by atoms with Gasteiger partial charge < -0.3 is 0 Å². The van der Waals surface area contributed by atoms with Crippen molar-refractivity contribution in [3.63, 3.8) is 0 Å². The summed E-state index contributed by atoms with van der Waals surface area (Å²) in [6.45, 7) is 19.6. The zero-order chi connectivity index (χ0) is 46.5. The van der Waals surface area contributed by atoms with Crippen LogP contribution in [0, 0.1) is 10.8 Å². The summed E-state index contributed by atoms with van der Waals surface area (Å²) in [4.78, 5) is 0. The molecule has 0 N–H and O–H groups in total. The summed E-state index contributed by atoms with van der Waals surface area (Å²) >= 11 is 0. The van der Waals surface area contributed by atoms with E-state index in [0.717, 1.165) is 0 Å². The van der Waals surface area contributed by atoms with Crippen molar-refractivity contribution in [2.45, 2.75) is 66.2 Å². The summed E-state index contributed by atoms with van der Waals surface area (Å²) in [6, 6.07) is 74.2. The zero-order valence-corrected chi connectivity index (χ0v) is 40.5. The van der Waals surface area contributed by atoms with Gasteiger partial charge in [-0.25, -0.2) is 0 Å². The smallest absolute Gasteiger partial charge is 0.0318 e. The van der Waals surface area contributed by atoms with Crippen molar-refractivity contribution in [2.75, 3.05) is 0 Å². The molecule has 0 bridgehead atoms. The van der Waals surface area contributed by atoms with E-state index >= 15 is 0 Å². The van der Waals surface area contributed by atoms with E-state index in [1.54, 1.807) is 0 Å². The van der Waals surface area contributed by atoms with Crippen LogP contribution >= 0.6 is 0 Å². The third-order valence-corrected chi connectivity index (χ3v) is 16.5. The summed E-state index contributed by atoms with van der Waals surface area (Å²) < 4.78 is 0. The van der Waals surface area contributed by atoms with E-state index in [9.17, 15) is 0 Å². The highest BCUT2D eigenvalue weighted by molar-refractivity contribution is 6.22. The van der Waals surface area contributed by atoms with Crippen LogP contribution in [-0.4, -0.2) is 0 Å². The normalized spacial score (nSPS) is 14.7. The van der Waals surface area contributed by atoms with Gasteiger partial charge in [0.1, 0.15) is 0 Å². The zero-order valence-electron chi connectivity index (χ0n) is 40.5. The lowest BCUT2D eigenvalue weighted by atomic mass is 9.49. The van der Waals surface area contributed by atoms with E-state index in [0.29, 0.717) is 0 Å². The molecule has 68 heavy (non-hydrogen) atoms. The Morgan fingerprint density at radius 2 is 0.779 bits per heavy atom. The van der Waals surface area contributed by atoms with Crippen LogP contribution in [0.5, 0.6) is 0 Å². The molecule has 11 aromatic rings. The highest BCUT2D eigenvalue weighted by atomic mass is 14.6. The molecule has 0 aromatic heterocycles. The van der Waals surface area contributed by atoms with Crippen molar-refractivity contribution in [2.24, 2.45) is 10.8 Å². The Bertz CT molecular complexity index is 3880. The first-order valence-corrected chi connectivity index (χ1v) is 24.6. The summed E-state index contributed by atoms with van der Waals surface area (Å²) in [5, 5.41) is 13.0. The summed E-state index contributed by atoms with van der Waals surface area (Å²) in [5.74, 6) is 0. The number of benzene rings is 11. The van der Waals surface area contributed by atoms with Gasteiger partial charge in [-0.05, 0) is 173 Å². The van der Waals surface area contributed by atoms with Crippen molar-refractivity contribution in [3.05, 3.63) is 216 Å². The molecule has 0 heteroatoms. The van der Waals surface area contributed by atoms with Gasteiger partial charge in [-0.3, -0.25) is 0 Å². The molecule has 328 valence electrons. The minimum Gasteiger partial charge on any atom is -0.0619 e. The molecule has 0 atom stereocenters. The molecule has 11 aromatic carbocycles. The Morgan fingerprint density at radius 1 is 0.294 bits per heavy atom. The fraction of sp³-hybridized carbons (Fsp3) is 0.176. The number of rotatable bonds is 3. The van der Waals surface area contributed by atoms with E-state index in [1.807, 2.05) is 0 Å². The maximum Gasteiger partial charge on any atom is 0.0318 e. The van der Waals surface area contributed by atoms with Crippen molar-refractivity contribution in [1.29, 1.82) is 0 Å². The van der Waals surface area contributed by atoms with Crippen LogP contribution in [0.2, 0.25) is 0 Å². The van der Waals surface area contributed by atoms with Gasteiger partial charge in [0.05, 0.1) is 0 Å². The Morgan fingerprint density at radius 3 is 1.41 bits per heavy atom. The molecule has 0 saturated heterocycles. The van der Waals surface area contributed by atoms with Crippen LogP contribution in [0.4, 0.5) is 0 Å².